The van der Waals surface area contributed by atoms with E-state index in [0.29, 0.717) is 11.1 Å². The molecule has 0 radical (unpaired) electrons. The van der Waals surface area contributed by atoms with Gasteiger partial charge >= 0.3 is 0 Å². The fraction of sp³-hybridized carbons (Fsp3) is 0.571. The molecule has 1 aromatic heterocycles. The lowest BCUT2D eigenvalue weighted by Gasteiger charge is -2.20. The highest BCUT2D eigenvalue weighted by atomic mass is 127. The molecule has 1 aliphatic heterocycles. The van der Waals surface area contributed by atoms with E-state index in [1.807, 2.05) is 23.9 Å². The van der Waals surface area contributed by atoms with Gasteiger partial charge in [-0.3, -0.25) is 4.99 Å². The summed E-state index contributed by atoms with van der Waals surface area (Å²) in [6, 6.07) is 4.10. The summed E-state index contributed by atoms with van der Waals surface area (Å²) >= 11 is 8.03. The van der Waals surface area contributed by atoms with E-state index in [1.54, 1.807) is 13.2 Å². The summed E-state index contributed by atoms with van der Waals surface area (Å²) < 4.78 is 0. The first-order chi connectivity index (χ1) is 10.2. The first-order valence-corrected chi connectivity index (χ1v) is 8.83. The van der Waals surface area contributed by atoms with Crippen molar-refractivity contribution in [2.24, 2.45) is 4.99 Å². The Kier molecular flexibility index (Phi) is 9.27. The minimum Gasteiger partial charge on any atom is -0.356 e. The molecule has 0 bridgehead atoms. The number of halogens is 2. The topological polar surface area (TPSA) is 52.6 Å². The highest BCUT2D eigenvalue weighted by molar-refractivity contribution is 14.0. The number of anilines is 1. The van der Waals surface area contributed by atoms with Gasteiger partial charge in [0, 0.05) is 44.7 Å². The molecule has 0 aliphatic carbocycles. The third-order valence-corrected chi connectivity index (χ3v) is 4.30. The van der Waals surface area contributed by atoms with Gasteiger partial charge in [-0.25, -0.2) is 4.98 Å². The van der Waals surface area contributed by atoms with Gasteiger partial charge < -0.3 is 15.5 Å². The van der Waals surface area contributed by atoms with Gasteiger partial charge in [0.25, 0.3) is 0 Å². The first-order valence-electron chi connectivity index (χ1n) is 7.06. The normalized spacial score (nSPS) is 18.0. The Bertz CT molecular complexity index is 488. The molecule has 2 rings (SSSR count). The predicted molar refractivity (Wildman–Crippen MR) is 108 cm³/mol. The highest BCUT2D eigenvalue weighted by Gasteiger charge is 2.25. The number of nitrogens with zero attached hydrogens (tertiary/aromatic N) is 3. The van der Waals surface area contributed by atoms with Crippen LogP contribution < -0.4 is 15.5 Å². The molecule has 0 saturated carbocycles. The molecule has 124 valence electrons. The Hall–Kier alpha value is -0.410. The van der Waals surface area contributed by atoms with E-state index in [4.69, 9.17) is 11.6 Å². The van der Waals surface area contributed by atoms with Crippen LogP contribution >= 0.6 is 47.3 Å². The van der Waals surface area contributed by atoms with E-state index < -0.39 is 0 Å². The molecule has 1 atom stereocenters. The maximum atomic E-state index is 6.21. The van der Waals surface area contributed by atoms with Crippen molar-refractivity contribution in [1.29, 1.82) is 0 Å². The van der Waals surface area contributed by atoms with Gasteiger partial charge in [-0.1, -0.05) is 11.6 Å². The van der Waals surface area contributed by atoms with E-state index in [1.165, 1.54) is 0 Å². The maximum absolute atomic E-state index is 6.21. The van der Waals surface area contributed by atoms with Gasteiger partial charge in [-0.2, -0.15) is 11.8 Å². The molecule has 1 aromatic rings. The SMILES string of the molecule is CN=C(NCCSC)NC1CCN(c2ncccc2Cl)C1.I. The Morgan fingerprint density at radius 3 is 3.09 bits per heavy atom. The molecule has 2 heterocycles. The molecule has 8 heteroatoms. The highest BCUT2D eigenvalue weighted by Crippen LogP contribution is 2.25. The lowest BCUT2D eigenvalue weighted by atomic mass is 10.3. The monoisotopic (exact) mass is 455 g/mol. The molecule has 2 N–H and O–H groups in total. The largest absolute Gasteiger partial charge is 0.356 e. The average Bonchev–Trinajstić information content (AvgIpc) is 2.95. The molecule has 1 unspecified atom stereocenters. The van der Waals surface area contributed by atoms with Crippen molar-refractivity contribution in [3.63, 3.8) is 0 Å². The molecule has 5 nitrogen and oxygen atoms in total. The van der Waals surface area contributed by atoms with Gasteiger partial charge in [-0.15, -0.1) is 24.0 Å². The van der Waals surface area contributed by atoms with E-state index >= 15 is 0 Å². The van der Waals surface area contributed by atoms with Crippen LogP contribution in [0.3, 0.4) is 0 Å². The van der Waals surface area contributed by atoms with Gasteiger partial charge in [0.1, 0.15) is 5.82 Å². The van der Waals surface area contributed by atoms with Crippen molar-refractivity contribution < 1.29 is 0 Å². The Balaban J connectivity index is 0.00000242. The third kappa shape index (κ3) is 5.66. The molecule has 0 spiro atoms. The number of rotatable bonds is 5. The number of thioether (sulfide) groups is 1. The van der Waals surface area contributed by atoms with Crippen LogP contribution in [-0.2, 0) is 0 Å². The van der Waals surface area contributed by atoms with Gasteiger partial charge in [0.15, 0.2) is 5.96 Å². The molecule has 1 aliphatic rings. The standard InChI is InChI=1S/C14H22ClN5S.HI/c1-16-14(18-7-9-21-2)19-11-5-8-20(10-11)13-12(15)4-3-6-17-13;/h3-4,6,11H,5,7-10H2,1-2H3,(H2,16,18,19);1H. The van der Waals surface area contributed by atoms with Crippen molar-refractivity contribution in [1.82, 2.24) is 15.6 Å². The van der Waals surface area contributed by atoms with Crippen molar-refractivity contribution >= 4 is 59.1 Å². The van der Waals surface area contributed by atoms with Gasteiger partial charge in [-0.05, 0) is 24.8 Å². The molecule has 0 aromatic carbocycles. The van der Waals surface area contributed by atoms with Crippen LogP contribution in [0.4, 0.5) is 5.82 Å². The number of aliphatic imine (C=N–C) groups is 1. The summed E-state index contributed by atoms with van der Waals surface area (Å²) in [5.74, 6) is 2.80. The van der Waals surface area contributed by atoms with E-state index in [0.717, 1.165) is 43.6 Å². The van der Waals surface area contributed by atoms with Crippen LogP contribution in [-0.4, -0.2) is 55.7 Å². The minimum atomic E-state index is 0. The summed E-state index contributed by atoms with van der Waals surface area (Å²) in [7, 11) is 1.80. The molecule has 0 amide bonds. The molecule has 22 heavy (non-hydrogen) atoms. The lowest BCUT2D eigenvalue weighted by molar-refractivity contribution is 0.652. The number of nitrogens with one attached hydrogen (secondary N) is 2. The first kappa shape index (κ1) is 19.6. The summed E-state index contributed by atoms with van der Waals surface area (Å²) in [5, 5.41) is 7.49. The summed E-state index contributed by atoms with van der Waals surface area (Å²) in [5.41, 5.74) is 0. The quantitative estimate of drug-likeness (QED) is 0.309. The van der Waals surface area contributed by atoms with Gasteiger partial charge in [0.05, 0.1) is 5.02 Å². The summed E-state index contributed by atoms with van der Waals surface area (Å²) in [6.45, 7) is 2.76. The van der Waals surface area contributed by atoms with Crippen LogP contribution in [0.1, 0.15) is 6.42 Å². The van der Waals surface area contributed by atoms with Crippen molar-refractivity contribution in [3.8, 4) is 0 Å². The number of hydrogen-bond acceptors (Lipinski definition) is 4. The predicted octanol–water partition coefficient (Wildman–Crippen LogP) is 2.46. The van der Waals surface area contributed by atoms with E-state index in [9.17, 15) is 0 Å². The number of pyridine rings is 1. The fourth-order valence-electron chi connectivity index (χ4n) is 2.34. The van der Waals surface area contributed by atoms with E-state index in [2.05, 4.69) is 31.8 Å². The second-order valence-corrected chi connectivity index (χ2v) is 6.27. The molecular formula is C14H23ClIN5S. The molecule has 1 saturated heterocycles. The maximum Gasteiger partial charge on any atom is 0.191 e. The summed E-state index contributed by atoms with van der Waals surface area (Å²) in [6.07, 6.45) is 4.93. The van der Waals surface area contributed by atoms with Crippen LogP contribution in [0.25, 0.3) is 0 Å². The zero-order valence-corrected chi connectivity index (χ0v) is 16.8. The Morgan fingerprint density at radius 2 is 2.41 bits per heavy atom. The van der Waals surface area contributed by atoms with Crippen molar-refractivity contribution in [3.05, 3.63) is 23.4 Å². The number of hydrogen-bond donors (Lipinski definition) is 2. The zero-order valence-electron chi connectivity index (χ0n) is 12.9. The van der Waals surface area contributed by atoms with Crippen LogP contribution in [0.2, 0.25) is 5.02 Å². The number of aromatic nitrogens is 1. The summed E-state index contributed by atoms with van der Waals surface area (Å²) in [4.78, 5) is 10.9. The Morgan fingerprint density at radius 1 is 1.59 bits per heavy atom. The van der Waals surface area contributed by atoms with E-state index in [-0.39, 0.29) is 24.0 Å². The average molecular weight is 456 g/mol. The van der Waals surface area contributed by atoms with Crippen LogP contribution in [0.15, 0.2) is 23.3 Å². The lowest BCUT2D eigenvalue weighted by Crippen LogP contribution is -2.45. The van der Waals surface area contributed by atoms with Crippen molar-refractivity contribution in [2.45, 2.75) is 12.5 Å². The third-order valence-electron chi connectivity index (χ3n) is 3.39. The molecular weight excluding hydrogens is 433 g/mol. The Labute approximate surface area is 158 Å². The smallest absolute Gasteiger partial charge is 0.191 e. The number of guanidine groups is 1. The second-order valence-electron chi connectivity index (χ2n) is 4.88. The minimum absolute atomic E-state index is 0. The van der Waals surface area contributed by atoms with Crippen molar-refractivity contribution in [2.75, 3.05) is 43.6 Å². The second kappa shape index (κ2) is 10.4. The zero-order chi connectivity index (χ0) is 15.1. The van der Waals surface area contributed by atoms with Gasteiger partial charge in [0.2, 0.25) is 0 Å². The van der Waals surface area contributed by atoms with Crippen LogP contribution in [0.5, 0.6) is 0 Å². The van der Waals surface area contributed by atoms with Crippen LogP contribution in [0, 0.1) is 0 Å². The fourth-order valence-corrected chi connectivity index (χ4v) is 2.89. The molecule has 1 fully saturated rings.